The Hall–Kier alpha value is -0.0400. The maximum absolute atomic E-state index is 5.79. The summed E-state index contributed by atoms with van der Waals surface area (Å²) in [5, 5.41) is 0. The van der Waals surface area contributed by atoms with Gasteiger partial charge < -0.3 is 5.73 Å². The SMILES string of the molecule is CCCCC(CC)C(C)N. The molecule has 62 valence electrons. The van der Waals surface area contributed by atoms with Gasteiger partial charge in [-0.15, -0.1) is 0 Å². The fraction of sp³-hybridized carbons (Fsp3) is 1.00. The van der Waals surface area contributed by atoms with E-state index in [1.807, 2.05) is 0 Å². The van der Waals surface area contributed by atoms with Crippen molar-refractivity contribution in [2.45, 2.75) is 52.5 Å². The zero-order valence-corrected chi connectivity index (χ0v) is 7.56. The van der Waals surface area contributed by atoms with Crippen LogP contribution in [0.3, 0.4) is 0 Å². The van der Waals surface area contributed by atoms with E-state index in [1.165, 1.54) is 25.7 Å². The first-order chi connectivity index (χ1) is 4.72. The third-order valence-electron chi connectivity index (χ3n) is 2.20. The summed E-state index contributed by atoms with van der Waals surface area (Å²) in [7, 11) is 0. The highest BCUT2D eigenvalue weighted by molar-refractivity contribution is 4.66. The van der Waals surface area contributed by atoms with Crippen LogP contribution in [0.1, 0.15) is 46.5 Å². The van der Waals surface area contributed by atoms with E-state index in [9.17, 15) is 0 Å². The molecule has 0 aliphatic heterocycles. The van der Waals surface area contributed by atoms with Crippen molar-refractivity contribution in [2.24, 2.45) is 11.7 Å². The largest absolute Gasteiger partial charge is 0.328 e. The van der Waals surface area contributed by atoms with Crippen LogP contribution in [0.2, 0.25) is 0 Å². The maximum Gasteiger partial charge on any atom is 0.00386 e. The molecule has 0 amide bonds. The van der Waals surface area contributed by atoms with Crippen molar-refractivity contribution < 1.29 is 0 Å². The van der Waals surface area contributed by atoms with Gasteiger partial charge in [0.1, 0.15) is 0 Å². The van der Waals surface area contributed by atoms with Crippen LogP contribution in [0, 0.1) is 5.92 Å². The molecule has 0 aromatic rings. The highest BCUT2D eigenvalue weighted by Gasteiger charge is 2.09. The fourth-order valence-corrected chi connectivity index (χ4v) is 1.31. The molecular formula is C9H21N. The van der Waals surface area contributed by atoms with Crippen LogP contribution in [0.25, 0.3) is 0 Å². The summed E-state index contributed by atoms with van der Waals surface area (Å²) in [6, 6.07) is 0.386. The minimum absolute atomic E-state index is 0.386. The van der Waals surface area contributed by atoms with Crippen molar-refractivity contribution in [3.63, 3.8) is 0 Å². The molecule has 0 bridgehead atoms. The van der Waals surface area contributed by atoms with Crippen LogP contribution in [0.4, 0.5) is 0 Å². The Bertz CT molecular complexity index is 69.1. The first kappa shape index (κ1) is 9.96. The van der Waals surface area contributed by atoms with Gasteiger partial charge in [0, 0.05) is 6.04 Å². The monoisotopic (exact) mass is 143 g/mol. The van der Waals surface area contributed by atoms with Gasteiger partial charge in [-0.2, -0.15) is 0 Å². The molecule has 2 atom stereocenters. The zero-order valence-electron chi connectivity index (χ0n) is 7.56. The summed E-state index contributed by atoms with van der Waals surface area (Å²) in [5.41, 5.74) is 5.79. The topological polar surface area (TPSA) is 26.0 Å². The summed E-state index contributed by atoms with van der Waals surface area (Å²) in [4.78, 5) is 0. The third-order valence-corrected chi connectivity index (χ3v) is 2.20. The second-order valence-corrected chi connectivity index (χ2v) is 3.17. The Morgan fingerprint density at radius 3 is 2.20 bits per heavy atom. The maximum atomic E-state index is 5.79. The average Bonchev–Trinajstić information content (AvgIpc) is 1.89. The Morgan fingerprint density at radius 2 is 1.90 bits per heavy atom. The lowest BCUT2D eigenvalue weighted by molar-refractivity contribution is 0.389. The summed E-state index contributed by atoms with van der Waals surface area (Å²) in [5.74, 6) is 0.750. The standard InChI is InChI=1S/C9H21N/c1-4-6-7-9(5-2)8(3)10/h8-9H,4-7,10H2,1-3H3. The lowest BCUT2D eigenvalue weighted by Crippen LogP contribution is -2.25. The summed E-state index contributed by atoms with van der Waals surface area (Å²) in [6.45, 7) is 6.57. The van der Waals surface area contributed by atoms with Crippen LogP contribution >= 0.6 is 0 Å². The van der Waals surface area contributed by atoms with Gasteiger partial charge in [-0.25, -0.2) is 0 Å². The normalized spacial score (nSPS) is 16.8. The molecule has 0 heterocycles. The Kier molecular flexibility index (Phi) is 5.70. The van der Waals surface area contributed by atoms with Crippen LogP contribution in [0.15, 0.2) is 0 Å². The summed E-state index contributed by atoms with van der Waals surface area (Å²) >= 11 is 0. The van der Waals surface area contributed by atoms with Crippen molar-refractivity contribution in [3.8, 4) is 0 Å². The molecule has 2 N–H and O–H groups in total. The van der Waals surface area contributed by atoms with Crippen molar-refractivity contribution in [2.75, 3.05) is 0 Å². The number of hydrogen-bond donors (Lipinski definition) is 1. The van der Waals surface area contributed by atoms with E-state index < -0.39 is 0 Å². The Morgan fingerprint density at radius 1 is 1.30 bits per heavy atom. The molecule has 0 aliphatic rings. The molecule has 0 fully saturated rings. The smallest absolute Gasteiger partial charge is 0.00386 e. The fourth-order valence-electron chi connectivity index (χ4n) is 1.31. The number of hydrogen-bond acceptors (Lipinski definition) is 1. The first-order valence-corrected chi connectivity index (χ1v) is 4.47. The van der Waals surface area contributed by atoms with Gasteiger partial charge in [0.2, 0.25) is 0 Å². The molecule has 0 aliphatic carbocycles. The van der Waals surface area contributed by atoms with Gasteiger partial charge in [-0.3, -0.25) is 0 Å². The zero-order chi connectivity index (χ0) is 7.98. The van der Waals surface area contributed by atoms with Crippen molar-refractivity contribution in [1.82, 2.24) is 0 Å². The lowest BCUT2D eigenvalue weighted by atomic mass is 9.93. The van der Waals surface area contributed by atoms with Gasteiger partial charge in [0.05, 0.1) is 0 Å². The quantitative estimate of drug-likeness (QED) is 0.629. The molecule has 0 aromatic heterocycles. The van der Waals surface area contributed by atoms with Crippen LogP contribution in [-0.4, -0.2) is 6.04 Å². The van der Waals surface area contributed by atoms with Crippen molar-refractivity contribution in [1.29, 1.82) is 0 Å². The Labute approximate surface area is 65.0 Å². The summed E-state index contributed by atoms with van der Waals surface area (Å²) in [6.07, 6.45) is 5.17. The van der Waals surface area contributed by atoms with Crippen molar-refractivity contribution >= 4 is 0 Å². The highest BCUT2D eigenvalue weighted by atomic mass is 14.6. The number of nitrogens with two attached hydrogens (primary N) is 1. The molecule has 0 aromatic carbocycles. The van der Waals surface area contributed by atoms with Crippen LogP contribution in [-0.2, 0) is 0 Å². The van der Waals surface area contributed by atoms with Gasteiger partial charge >= 0.3 is 0 Å². The Balaban J connectivity index is 3.40. The van der Waals surface area contributed by atoms with E-state index in [1.54, 1.807) is 0 Å². The molecule has 10 heavy (non-hydrogen) atoms. The molecule has 1 nitrogen and oxygen atoms in total. The minimum atomic E-state index is 0.386. The molecule has 0 saturated carbocycles. The second kappa shape index (κ2) is 5.72. The van der Waals surface area contributed by atoms with E-state index in [2.05, 4.69) is 20.8 Å². The average molecular weight is 143 g/mol. The lowest BCUT2D eigenvalue weighted by Gasteiger charge is -2.17. The van der Waals surface area contributed by atoms with E-state index >= 15 is 0 Å². The minimum Gasteiger partial charge on any atom is -0.328 e. The molecule has 0 radical (unpaired) electrons. The first-order valence-electron chi connectivity index (χ1n) is 4.47. The third kappa shape index (κ3) is 3.89. The van der Waals surface area contributed by atoms with Gasteiger partial charge in [-0.1, -0.05) is 33.1 Å². The predicted octanol–water partition coefficient (Wildman–Crippen LogP) is 2.55. The van der Waals surface area contributed by atoms with Gasteiger partial charge in [-0.05, 0) is 19.3 Å². The van der Waals surface area contributed by atoms with E-state index in [0.717, 1.165) is 5.92 Å². The molecule has 0 spiro atoms. The number of unbranched alkanes of at least 4 members (excludes halogenated alkanes) is 1. The molecule has 0 rings (SSSR count). The van der Waals surface area contributed by atoms with Crippen LogP contribution in [0.5, 0.6) is 0 Å². The molecule has 1 heteroatoms. The molecule has 2 unspecified atom stereocenters. The van der Waals surface area contributed by atoms with E-state index in [-0.39, 0.29) is 0 Å². The van der Waals surface area contributed by atoms with E-state index in [4.69, 9.17) is 5.73 Å². The predicted molar refractivity (Wildman–Crippen MR) is 47.0 cm³/mol. The van der Waals surface area contributed by atoms with E-state index in [0.29, 0.717) is 6.04 Å². The van der Waals surface area contributed by atoms with Crippen molar-refractivity contribution in [3.05, 3.63) is 0 Å². The summed E-state index contributed by atoms with van der Waals surface area (Å²) < 4.78 is 0. The number of rotatable bonds is 5. The van der Waals surface area contributed by atoms with Gasteiger partial charge in [0.25, 0.3) is 0 Å². The van der Waals surface area contributed by atoms with Crippen LogP contribution < -0.4 is 5.73 Å². The second-order valence-electron chi connectivity index (χ2n) is 3.17. The molecular weight excluding hydrogens is 122 g/mol. The highest BCUT2D eigenvalue weighted by Crippen LogP contribution is 2.14. The van der Waals surface area contributed by atoms with Gasteiger partial charge in [0.15, 0.2) is 0 Å². The molecule has 0 saturated heterocycles.